The highest BCUT2D eigenvalue weighted by molar-refractivity contribution is 6.30. The maximum atomic E-state index is 13.5. The minimum Gasteiger partial charge on any atom is -0.306 e. The molecule has 0 aliphatic rings. The predicted molar refractivity (Wildman–Crippen MR) is 73.1 cm³/mol. The Morgan fingerprint density at radius 1 is 1.16 bits per heavy atom. The molecule has 0 bridgehead atoms. The van der Waals surface area contributed by atoms with Crippen molar-refractivity contribution in [3.63, 3.8) is 0 Å². The number of hydrogen-bond acceptors (Lipinski definition) is 1. The van der Waals surface area contributed by atoms with E-state index in [1.807, 2.05) is 25.1 Å². The van der Waals surface area contributed by atoms with Crippen molar-refractivity contribution in [1.82, 2.24) is 5.32 Å². The predicted octanol–water partition coefficient (Wildman–Crippen LogP) is 4.47. The summed E-state index contributed by atoms with van der Waals surface area (Å²) in [6.45, 7) is 2.21. The fraction of sp³-hybridized carbons (Fsp3) is 0.200. The van der Waals surface area contributed by atoms with Crippen molar-refractivity contribution in [1.29, 1.82) is 0 Å². The van der Waals surface area contributed by atoms with E-state index < -0.39 is 11.6 Å². The zero-order valence-electron chi connectivity index (χ0n) is 10.5. The van der Waals surface area contributed by atoms with Crippen LogP contribution >= 0.6 is 11.6 Å². The highest BCUT2D eigenvalue weighted by atomic mass is 35.5. The lowest BCUT2D eigenvalue weighted by molar-refractivity contribution is 0.484. The smallest absolute Gasteiger partial charge is 0.163 e. The summed E-state index contributed by atoms with van der Waals surface area (Å²) in [5, 5.41) is 3.80. The third-order valence-corrected chi connectivity index (χ3v) is 3.21. The van der Waals surface area contributed by atoms with Crippen LogP contribution < -0.4 is 5.32 Å². The highest BCUT2D eigenvalue weighted by Crippen LogP contribution is 2.18. The van der Waals surface area contributed by atoms with E-state index in [0.29, 0.717) is 10.6 Å². The Morgan fingerprint density at radius 2 is 1.89 bits per heavy atom. The summed E-state index contributed by atoms with van der Waals surface area (Å²) in [5.41, 5.74) is 1.32. The number of halogens is 3. The fourth-order valence-electron chi connectivity index (χ4n) is 1.84. The molecule has 4 heteroatoms. The molecule has 2 rings (SSSR count). The number of hydrogen-bond donors (Lipinski definition) is 1. The summed E-state index contributed by atoms with van der Waals surface area (Å²) in [4.78, 5) is 0. The highest BCUT2D eigenvalue weighted by Gasteiger charge is 2.10. The second-order valence-electron chi connectivity index (χ2n) is 4.37. The van der Waals surface area contributed by atoms with E-state index in [1.165, 1.54) is 6.07 Å². The zero-order chi connectivity index (χ0) is 13.8. The molecule has 0 radical (unpaired) electrons. The molecule has 2 aromatic rings. The van der Waals surface area contributed by atoms with Crippen molar-refractivity contribution in [2.24, 2.45) is 0 Å². The molecule has 1 nitrogen and oxygen atoms in total. The van der Waals surface area contributed by atoms with Gasteiger partial charge >= 0.3 is 0 Å². The summed E-state index contributed by atoms with van der Waals surface area (Å²) in [5.74, 6) is -1.62. The first kappa shape index (κ1) is 14.0. The Balaban J connectivity index is 2.04. The van der Waals surface area contributed by atoms with Crippen molar-refractivity contribution < 1.29 is 8.78 Å². The second-order valence-corrected chi connectivity index (χ2v) is 4.81. The van der Waals surface area contributed by atoms with Gasteiger partial charge in [0.2, 0.25) is 0 Å². The average molecular weight is 282 g/mol. The minimum absolute atomic E-state index is 0.00127. The lowest BCUT2D eigenvalue weighted by Crippen LogP contribution is -2.19. The lowest BCUT2D eigenvalue weighted by atomic mass is 10.1. The van der Waals surface area contributed by atoms with Gasteiger partial charge in [-0.05, 0) is 30.7 Å². The molecule has 0 aromatic heterocycles. The van der Waals surface area contributed by atoms with Gasteiger partial charge in [-0.25, -0.2) is 8.78 Å². The standard InChI is InChI=1S/C15H14ClF2N/c1-10(11-4-2-6-13(16)8-11)19-9-12-5-3-7-14(17)15(12)18/h2-8,10,19H,9H2,1H3. The summed E-state index contributed by atoms with van der Waals surface area (Å²) >= 11 is 5.91. The number of nitrogens with one attached hydrogen (secondary N) is 1. The van der Waals surface area contributed by atoms with Crippen LogP contribution in [-0.2, 0) is 6.54 Å². The summed E-state index contributed by atoms with van der Waals surface area (Å²) in [7, 11) is 0. The molecule has 0 amide bonds. The SMILES string of the molecule is CC(NCc1cccc(F)c1F)c1cccc(Cl)c1. The zero-order valence-corrected chi connectivity index (χ0v) is 11.2. The van der Waals surface area contributed by atoms with Crippen LogP contribution in [0.15, 0.2) is 42.5 Å². The molecule has 1 unspecified atom stereocenters. The molecule has 0 saturated heterocycles. The van der Waals surface area contributed by atoms with E-state index in [4.69, 9.17) is 11.6 Å². The number of benzene rings is 2. The van der Waals surface area contributed by atoms with Gasteiger partial charge in [0.25, 0.3) is 0 Å². The van der Waals surface area contributed by atoms with Crippen LogP contribution in [0.5, 0.6) is 0 Å². The normalized spacial score (nSPS) is 12.4. The van der Waals surface area contributed by atoms with E-state index in [9.17, 15) is 8.78 Å². The average Bonchev–Trinajstić information content (AvgIpc) is 2.40. The molecule has 0 heterocycles. The van der Waals surface area contributed by atoms with Crippen molar-refractivity contribution in [3.8, 4) is 0 Å². The Morgan fingerprint density at radius 3 is 2.63 bits per heavy atom. The van der Waals surface area contributed by atoms with Gasteiger partial charge in [0.1, 0.15) is 0 Å². The molecular weight excluding hydrogens is 268 g/mol. The van der Waals surface area contributed by atoms with Crippen LogP contribution in [0.4, 0.5) is 8.78 Å². The maximum Gasteiger partial charge on any atom is 0.163 e. The van der Waals surface area contributed by atoms with E-state index in [1.54, 1.807) is 12.1 Å². The molecule has 1 N–H and O–H groups in total. The molecule has 0 spiro atoms. The Kier molecular flexibility index (Phi) is 4.51. The molecule has 0 fully saturated rings. The topological polar surface area (TPSA) is 12.0 Å². The van der Waals surface area contributed by atoms with Crippen molar-refractivity contribution >= 4 is 11.6 Å². The molecule has 0 aliphatic carbocycles. The Bertz CT molecular complexity index is 572. The van der Waals surface area contributed by atoms with E-state index >= 15 is 0 Å². The van der Waals surface area contributed by atoms with Gasteiger partial charge in [-0.2, -0.15) is 0 Å². The molecular formula is C15H14ClF2N. The van der Waals surface area contributed by atoms with Gasteiger partial charge in [-0.1, -0.05) is 35.9 Å². The van der Waals surface area contributed by atoms with Crippen molar-refractivity contribution in [2.45, 2.75) is 19.5 Å². The van der Waals surface area contributed by atoms with Crippen molar-refractivity contribution in [3.05, 3.63) is 70.2 Å². The van der Waals surface area contributed by atoms with Crippen LogP contribution in [0, 0.1) is 11.6 Å². The molecule has 100 valence electrons. The molecule has 19 heavy (non-hydrogen) atoms. The van der Waals surface area contributed by atoms with Crippen LogP contribution in [0.1, 0.15) is 24.1 Å². The van der Waals surface area contributed by atoms with Gasteiger partial charge in [-0.15, -0.1) is 0 Å². The van der Waals surface area contributed by atoms with Crippen molar-refractivity contribution in [2.75, 3.05) is 0 Å². The Hall–Kier alpha value is -1.45. The monoisotopic (exact) mass is 281 g/mol. The van der Waals surface area contributed by atoms with E-state index in [0.717, 1.165) is 11.6 Å². The quantitative estimate of drug-likeness (QED) is 0.872. The minimum atomic E-state index is -0.824. The molecule has 1 atom stereocenters. The van der Waals surface area contributed by atoms with Gasteiger partial charge in [-0.3, -0.25) is 0 Å². The summed E-state index contributed by atoms with van der Waals surface area (Å²) < 4.78 is 26.5. The third-order valence-electron chi connectivity index (χ3n) is 2.98. The van der Waals surface area contributed by atoms with Gasteiger partial charge in [0, 0.05) is 23.2 Å². The van der Waals surface area contributed by atoms with Crippen LogP contribution in [-0.4, -0.2) is 0 Å². The van der Waals surface area contributed by atoms with Crippen LogP contribution in [0.3, 0.4) is 0 Å². The Labute approximate surface area is 116 Å². The largest absolute Gasteiger partial charge is 0.306 e. The van der Waals surface area contributed by atoms with E-state index in [-0.39, 0.29) is 12.6 Å². The van der Waals surface area contributed by atoms with Gasteiger partial charge in [0.05, 0.1) is 0 Å². The third kappa shape index (κ3) is 3.52. The van der Waals surface area contributed by atoms with E-state index in [2.05, 4.69) is 5.32 Å². The maximum absolute atomic E-state index is 13.5. The number of rotatable bonds is 4. The van der Waals surface area contributed by atoms with Crippen LogP contribution in [0.25, 0.3) is 0 Å². The fourth-order valence-corrected chi connectivity index (χ4v) is 2.04. The van der Waals surface area contributed by atoms with Gasteiger partial charge < -0.3 is 5.32 Å². The molecule has 0 aliphatic heterocycles. The first-order chi connectivity index (χ1) is 9.08. The first-order valence-electron chi connectivity index (χ1n) is 5.99. The van der Waals surface area contributed by atoms with Gasteiger partial charge in [0.15, 0.2) is 11.6 Å². The molecule has 0 saturated carbocycles. The lowest BCUT2D eigenvalue weighted by Gasteiger charge is -2.15. The van der Waals surface area contributed by atoms with Crippen LogP contribution in [0.2, 0.25) is 5.02 Å². The summed E-state index contributed by atoms with van der Waals surface area (Å²) in [6, 6.07) is 11.6. The molecule has 2 aromatic carbocycles. The summed E-state index contributed by atoms with van der Waals surface area (Å²) in [6.07, 6.45) is 0. The second kappa shape index (κ2) is 6.13. The first-order valence-corrected chi connectivity index (χ1v) is 6.37.